The lowest BCUT2D eigenvalue weighted by Crippen LogP contribution is -2.81. The molecule has 0 unspecified atom stereocenters. The van der Waals surface area contributed by atoms with Crippen molar-refractivity contribution in [1.82, 2.24) is 0 Å². The predicted octanol–water partition coefficient (Wildman–Crippen LogP) is 4.98. The molecule has 1 aliphatic carbocycles. The highest BCUT2D eigenvalue weighted by Crippen LogP contribution is 2.73. The molecule has 0 radical (unpaired) electrons. The maximum Gasteiger partial charge on any atom is 0.384 e. The lowest BCUT2D eigenvalue weighted by atomic mass is 9.60. The minimum atomic E-state index is -6.87. The fourth-order valence-corrected chi connectivity index (χ4v) is 2.53. The van der Waals surface area contributed by atoms with Crippen LogP contribution >= 0.6 is 0 Å². The van der Waals surface area contributed by atoms with E-state index in [1.54, 1.807) is 0 Å². The van der Waals surface area contributed by atoms with Crippen molar-refractivity contribution in [2.45, 2.75) is 56.3 Å². The van der Waals surface area contributed by atoms with E-state index in [2.05, 4.69) is 0 Å². The molecule has 0 amide bonds. The molecular weight excluding hydrogens is 310 g/mol. The molecule has 0 aromatic heterocycles. The average Bonchev–Trinajstić information content (AvgIpc) is 2.28. The summed E-state index contributed by atoms with van der Waals surface area (Å²) in [5, 5.41) is 0. The van der Waals surface area contributed by atoms with E-state index in [4.69, 9.17) is 0 Å². The van der Waals surface area contributed by atoms with Crippen LogP contribution in [0.1, 0.15) is 26.7 Å². The fourth-order valence-electron chi connectivity index (χ4n) is 2.53. The van der Waals surface area contributed by atoms with Gasteiger partial charge >= 0.3 is 29.6 Å². The summed E-state index contributed by atoms with van der Waals surface area (Å²) in [4.78, 5) is 0. The van der Waals surface area contributed by atoms with Crippen LogP contribution in [-0.2, 0) is 0 Å². The Hall–Kier alpha value is -0.700. The van der Waals surface area contributed by atoms with E-state index in [1.807, 2.05) is 0 Å². The quantitative estimate of drug-likeness (QED) is 0.629. The van der Waals surface area contributed by atoms with E-state index in [-0.39, 0.29) is 0 Å². The average molecular weight is 320 g/mol. The molecule has 1 saturated carbocycles. The van der Waals surface area contributed by atoms with Gasteiger partial charge in [0.1, 0.15) is 5.41 Å². The fraction of sp³-hybridized carbons (Fsp3) is 1.00. The molecule has 0 N–H and O–H groups in total. The van der Waals surface area contributed by atoms with E-state index < -0.39 is 47.9 Å². The van der Waals surface area contributed by atoms with Crippen molar-refractivity contribution in [2.75, 3.05) is 0 Å². The summed E-state index contributed by atoms with van der Waals surface area (Å²) in [5.74, 6) is -32.1. The molecule has 0 nitrogen and oxygen atoms in total. The first kappa shape index (κ1) is 17.4. The van der Waals surface area contributed by atoms with Crippen molar-refractivity contribution < 1.29 is 43.9 Å². The maximum absolute atomic E-state index is 13.6. The number of rotatable bonds is 2. The molecule has 0 spiro atoms. The van der Waals surface area contributed by atoms with Crippen LogP contribution in [0.4, 0.5) is 43.9 Å². The molecule has 0 bridgehead atoms. The summed E-state index contributed by atoms with van der Waals surface area (Å²) in [6, 6.07) is 0. The molecule has 0 aromatic carbocycles. The highest BCUT2D eigenvalue weighted by Gasteiger charge is 2.98. The van der Waals surface area contributed by atoms with Gasteiger partial charge in [-0.1, -0.05) is 13.8 Å². The first-order valence-electron chi connectivity index (χ1n) is 5.51. The zero-order valence-electron chi connectivity index (χ0n) is 10.2. The van der Waals surface area contributed by atoms with Crippen LogP contribution in [0.2, 0.25) is 0 Å². The van der Waals surface area contributed by atoms with Gasteiger partial charge in [0, 0.05) is 0 Å². The van der Waals surface area contributed by atoms with E-state index in [9.17, 15) is 43.9 Å². The highest BCUT2D eigenvalue weighted by molar-refractivity contribution is 5.24. The molecule has 1 aliphatic rings. The van der Waals surface area contributed by atoms with Gasteiger partial charge in [-0.2, -0.15) is 43.9 Å². The van der Waals surface area contributed by atoms with Crippen LogP contribution in [0.3, 0.4) is 0 Å². The van der Waals surface area contributed by atoms with Gasteiger partial charge in [0.15, 0.2) is 0 Å². The minimum absolute atomic E-state index is 0.543. The molecule has 0 saturated heterocycles. The van der Waals surface area contributed by atoms with Gasteiger partial charge in [-0.15, -0.1) is 0 Å². The largest absolute Gasteiger partial charge is 0.384 e. The van der Waals surface area contributed by atoms with Crippen molar-refractivity contribution in [3.8, 4) is 0 Å². The van der Waals surface area contributed by atoms with Crippen molar-refractivity contribution >= 4 is 0 Å². The molecule has 0 heterocycles. The third-order valence-corrected chi connectivity index (χ3v) is 3.99. The first-order chi connectivity index (χ1) is 8.62. The summed E-state index contributed by atoms with van der Waals surface area (Å²) < 4.78 is 133. The number of halogens is 10. The standard InChI is InChI=1S/C10H10F10/c1-3-5(4-2)6(11,12)8(15,16)10(19,20)9(17,18)7(5,13)14/h3-4H2,1-2H3. The van der Waals surface area contributed by atoms with Gasteiger partial charge < -0.3 is 0 Å². The predicted molar refractivity (Wildman–Crippen MR) is 47.8 cm³/mol. The SMILES string of the molecule is CCC1(CC)C(F)(F)C(F)(F)C(F)(F)C(F)(F)C1(F)F. The van der Waals surface area contributed by atoms with Gasteiger partial charge in [0.25, 0.3) is 0 Å². The van der Waals surface area contributed by atoms with Crippen LogP contribution in [-0.4, -0.2) is 29.6 Å². The maximum atomic E-state index is 13.6. The Morgan fingerprint density at radius 3 is 0.850 bits per heavy atom. The summed E-state index contributed by atoms with van der Waals surface area (Å²) >= 11 is 0. The lowest BCUT2D eigenvalue weighted by Gasteiger charge is -2.56. The van der Waals surface area contributed by atoms with Crippen LogP contribution in [0.25, 0.3) is 0 Å². The normalized spacial score (nSPS) is 31.8. The molecule has 20 heavy (non-hydrogen) atoms. The van der Waals surface area contributed by atoms with E-state index in [0.717, 1.165) is 0 Å². The van der Waals surface area contributed by atoms with Gasteiger partial charge in [-0.05, 0) is 12.8 Å². The van der Waals surface area contributed by atoms with E-state index in [1.165, 1.54) is 0 Å². The zero-order valence-corrected chi connectivity index (χ0v) is 10.2. The van der Waals surface area contributed by atoms with Gasteiger partial charge in [-0.3, -0.25) is 0 Å². The second-order valence-corrected chi connectivity index (χ2v) is 4.66. The summed E-state index contributed by atoms with van der Waals surface area (Å²) in [7, 11) is 0. The lowest BCUT2D eigenvalue weighted by molar-refractivity contribution is -0.488. The molecular formula is C10H10F10. The number of hydrogen-bond donors (Lipinski definition) is 0. The van der Waals surface area contributed by atoms with Crippen molar-refractivity contribution in [3.05, 3.63) is 0 Å². The highest BCUT2D eigenvalue weighted by atomic mass is 19.4. The second-order valence-electron chi connectivity index (χ2n) is 4.66. The van der Waals surface area contributed by atoms with Crippen LogP contribution in [0.15, 0.2) is 0 Å². The second kappa shape index (κ2) is 3.94. The molecule has 0 aliphatic heterocycles. The Morgan fingerprint density at radius 2 is 0.650 bits per heavy atom. The van der Waals surface area contributed by atoms with Crippen molar-refractivity contribution in [3.63, 3.8) is 0 Å². The molecule has 0 atom stereocenters. The van der Waals surface area contributed by atoms with Crippen LogP contribution < -0.4 is 0 Å². The molecule has 10 heteroatoms. The van der Waals surface area contributed by atoms with Crippen molar-refractivity contribution in [1.29, 1.82) is 0 Å². The van der Waals surface area contributed by atoms with Crippen LogP contribution in [0.5, 0.6) is 0 Å². The van der Waals surface area contributed by atoms with Gasteiger partial charge in [0.05, 0.1) is 0 Å². The summed E-state index contributed by atoms with van der Waals surface area (Å²) in [6.45, 7) is 1.09. The Balaban J connectivity index is 3.82. The monoisotopic (exact) mass is 320 g/mol. The zero-order chi connectivity index (χ0) is 16.4. The third-order valence-electron chi connectivity index (χ3n) is 3.99. The third kappa shape index (κ3) is 1.31. The Morgan fingerprint density at radius 1 is 0.450 bits per heavy atom. The number of alkyl halides is 10. The van der Waals surface area contributed by atoms with E-state index >= 15 is 0 Å². The van der Waals surface area contributed by atoms with E-state index in [0.29, 0.717) is 13.8 Å². The smallest absolute Gasteiger partial charge is 0.199 e. The summed E-state index contributed by atoms with van der Waals surface area (Å²) in [5.41, 5.74) is -4.27. The Kier molecular flexibility index (Phi) is 3.42. The molecule has 1 fully saturated rings. The van der Waals surface area contributed by atoms with Crippen molar-refractivity contribution in [2.24, 2.45) is 5.41 Å². The minimum Gasteiger partial charge on any atom is -0.199 e. The number of hydrogen-bond acceptors (Lipinski definition) is 0. The topological polar surface area (TPSA) is 0 Å². The Labute approximate surface area is 107 Å². The molecule has 0 aromatic rings. The summed E-state index contributed by atoms with van der Waals surface area (Å²) in [6.07, 6.45) is -3.05. The van der Waals surface area contributed by atoms with Gasteiger partial charge in [0.2, 0.25) is 0 Å². The first-order valence-corrected chi connectivity index (χ1v) is 5.51. The molecule has 1 rings (SSSR count). The van der Waals surface area contributed by atoms with Crippen LogP contribution in [0, 0.1) is 5.41 Å². The Bertz CT molecular complexity index is 361. The molecule has 120 valence electrons. The van der Waals surface area contributed by atoms with Gasteiger partial charge in [-0.25, -0.2) is 0 Å².